The Hall–Kier alpha value is -2.70. The molecule has 0 N–H and O–H groups in total. The molecule has 35 heavy (non-hydrogen) atoms. The van der Waals surface area contributed by atoms with Crippen LogP contribution in [-0.2, 0) is 14.6 Å². The minimum absolute atomic E-state index is 0. The van der Waals surface area contributed by atoms with E-state index >= 15 is 0 Å². The molecule has 2 aromatic carbocycles. The monoisotopic (exact) mass is 533 g/mol. The van der Waals surface area contributed by atoms with E-state index in [1.165, 1.54) is 23.6 Å². The molecule has 1 aliphatic heterocycles. The molecule has 4 aromatic rings. The minimum Gasteiger partial charge on any atom is -0.379 e. The third-order valence-corrected chi connectivity index (χ3v) is 7.83. The summed E-state index contributed by atoms with van der Waals surface area (Å²) in [7, 11) is -3.47. The second-order valence-electron chi connectivity index (χ2n) is 8.03. The maximum absolute atomic E-state index is 13.6. The highest BCUT2D eigenvalue weighted by Gasteiger charge is 2.26. The van der Waals surface area contributed by atoms with Crippen LogP contribution in [0.25, 0.3) is 21.3 Å². The molecule has 0 unspecified atom stereocenters. The van der Waals surface area contributed by atoms with E-state index in [0.29, 0.717) is 52.7 Å². The Kier molecular flexibility index (Phi) is 7.62. The molecule has 184 valence electrons. The molecule has 0 atom stereocenters. The van der Waals surface area contributed by atoms with Crippen molar-refractivity contribution in [1.29, 1.82) is 0 Å². The highest BCUT2D eigenvalue weighted by atomic mass is 35.5. The number of morpholine rings is 1. The van der Waals surface area contributed by atoms with Gasteiger partial charge < -0.3 is 4.74 Å². The Morgan fingerprint density at radius 2 is 1.83 bits per heavy atom. The second kappa shape index (κ2) is 10.5. The Balaban J connectivity index is 0.00000289. The van der Waals surface area contributed by atoms with Gasteiger partial charge in [-0.2, -0.15) is 0 Å². The van der Waals surface area contributed by atoms with Gasteiger partial charge in [0.05, 0.1) is 40.0 Å². The lowest BCUT2D eigenvalue weighted by atomic mass is 10.3. The third-order valence-electron chi connectivity index (χ3n) is 5.66. The van der Waals surface area contributed by atoms with Crippen LogP contribution in [0.1, 0.15) is 10.5 Å². The van der Waals surface area contributed by atoms with Gasteiger partial charge in [-0.3, -0.25) is 19.6 Å². The summed E-state index contributed by atoms with van der Waals surface area (Å²) >= 11 is 1.29. The summed E-state index contributed by atoms with van der Waals surface area (Å²) < 4.78 is 30.7. The molecule has 5 rings (SSSR count). The highest BCUT2D eigenvalue weighted by Crippen LogP contribution is 2.33. The number of benzene rings is 2. The summed E-state index contributed by atoms with van der Waals surface area (Å²) in [6.07, 6.45) is 2.63. The topological polar surface area (TPSA) is 106 Å². The van der Waals surface area contributed by atoms with Crippen molar-refractivity contribution in [1.82, 2.24) is 19.9 Å². The molecule has 0 spiro atoms. The fourth-order valence-electron chi connectivity index (χ4n) is 3.87. The number of anilines is 1. The van der Waals surface area contributed by atoms with Gasteiger partial charge >= 0.3 is 0 Å². The van der Waals surface area contributed by atoms with E-state index in [1.54, 1.807) is 11.0 Å². The van der Waals surface area contributed by atoms with Crippen molar-refractivity contribution in [3.05, 3.63) is 54.4 Å². The van der Waals surface area contributed by atoms with Crippen molar-refractivity contribution in [2.24, 2.45) is 0 Å². The van der Waals surface area contributed by atoms with Gasteiger partial charge in [-0.1, -0.05) is 29.5 Å². The molecule has 1 fully saturated rings. The minimum atomic E-state index is -3.47. The molecule has 3 heterocycles. The number of para-hydroxylation sites is 3. The van der Waals surface area contributed by atoms with Crippen LogP contribution in [0, 0.1) is 0 Å². The van der Waals surface area contributed by atoms with E-state index in [4.69, 9.17) is 4.74 Å². The normalized spacial score (nSPS) is 14.7. The van der Waals surface area contributed by atoms with E-state index in [9.17, 15) is 13.2 Å². The van der Waals surface area contributed by atoms with E-state index in [0.717, 1.165) is 19.3 Å². The van der Waals surface area contributed by atoms with Crippen LogP contribution < -0.4 is 4.90 Å². The first-order valence-corrected chi connectivity index (χ1v) is 13.5. The lowest BCUT2D eigenvalue weighted by Crippen LogP contribution is -2.43. The molecule has 0 radical (unpaired) electrons. The van der Waals surface area contributed by atoms with Crippen LogP contribution in [0.5, 0.6) is 0 Å². The van der Waals surface area contributed by atoms with Crippen LogP contribution in [0.15, 0.2) is 53.6 Å². The standard InChI is InChI=1S/C23H23N5O4S2.ClH/c1-34(30,31)20-8-4-7-19-21(20)26-23(33-19)28(10-9-27-11-13-32-14-12-27)22(29)18-15-24-16-5-2-3-6-17(16)25-18;/h2-8,15H,9-14H2,1H3;1H. The van der Waals surface area contributed by atoms with Crippen LogP contribution in [-0.4, -0.2) is 79.8 Å². The quantitative estimate of drug-likeness (QED) is 0.372. The fraction of sp³-hybridized carbons (Fsp3) is 0.304. The largest absolute Gasteiger partial charge is 0.379 e. The number of sulfone groups is 1. The van der Waals surface area contributed by atoms with Crippen molar-refractivity contribution in [2.45, 2.75) is 4.90 Å². The molecular formula is C23H24ClN5O4S2. The van der Waals surface area contributed by atoms with Crippen molar-refractivity contribution in [2.75, 3.05) is 50.5 Å². The van der Waals surface area contributed by atoms with E-state index < -0.39 is 9.84 Å². The van der Waals surface area contributed by atoms with Crippen molar-refractivity contribution in [3.8, 4) is 0 Å². The first-order valence-electron chi connectivity index (χ1n) is 10.8. The Morgan fingerprint density at radius 3 is 2.57 bits per heavy atom. The molecule has 1 aliphatic rings. The number of hydrogen-bond acceptors (Lipinski definition) is 9. The second-order valence-corrected chi connectivity index (χ2v) is 11.0. The number of ether oxygens (including phenoxy) is 1. The van der Waals surface area contributed by atoms with Gasteiger partial charge in [-0.15, -0.1) is 12.4 Å². The van der Waals surface area contributed by atoms with Crippen molar-refractivity contribution in [3.63, 3.8) is 0 Å². The molecule has 1 amide bonds. The lowest BCUT2D eigenvalue weighted by molar-refractivity contribution is 0.0391. The highest BCUT2D eigenvalue weighted by molar-refractivity contribution is 7.91. The third kappa shape index (κ3) is 5.44. The Labute approximate surface area is 213 Å². The number of fused-ring (bicyclic) bond motifs is 2. The van der Waals surface area contributed by atoms with Gasteiger partial charge in [-0.05, 0) is 24.3 Å². The van der Waals surface area contributed by atoms with Gasteiger partial charge in [0, 0.05) is 32.4 Å². The van der Waals surface area contributed by atoms with Crippen molar-refractivity contribution < 1.29 is 17.9 Å². The molecule has 1 saturated heterocycles. The number of hydrogen-bond donors (Lipinski definition) is 0. The van der Waals surface area contributed by atoms with E-state index in [2.05, 4.69) is 19.9 Å². The molecule has 0 aliphatic carbocycles. The van der Waals surface area contributed by atoms with Crippen LogP contribution in [0.3, 0.4) is 0 Å². The van der Waals surface area contributed by atoms with Gasteiger partial charge in [0.15, 0.2) is 15.0 Å². The number of amides is 1. The summed E-state index contributed by atoms with van der Waals surface area (Å²) in [6.45, 7) is 3.89. The first-order chi connectivity index (χ1) is 16.4. The lowest BCUT2D eigenvalue weighted by Gasteiger charge is -2.29. The number of halogens is 1. The maximum atomic E-state index is 13.6. The number of aromatic nitrogens is 3. The van der Waals surface area contributed by atoms with Crippen LogP contribution in [0.2, 0.25) is 0 Å². The maximum Gasteiger partial charge on any atom is 0.280 e. The summed E-state index contributed by atoms with van der Waals surface area (Å²) in [4.78, 5) is 31.1. The molecule has 12 heteroatoms. The number of rotatable bonds is 6. The molecule has 0 bridgehead atoms. The summed E-state index contributed by atoms with van der Waals surface area (Å²) in [5.41, 5.74) is 1.92. The zero-order valence-electron chi connectivity index (χ0n) is 19.0. The molecule has 2 aromatic heterocycles. The summed E-state index contributed by atoms with van der Waals surface area (Å²) in [6, 6.07) is 12.4. The zero-order chi connectivity index (χ0) is 23.7. The Bertz CT molecular complexity index is 1470. The van der Waals surface area contributed by atoms with Gasteiger partial charge in [0.25, 0.3) is 5.91 Å². The van der Waals surface area contributed by atoms with Crippen LogP contribution >= 0.6 is 23.7 Å². The van der Waals surface area contributed by atoms with Crippen molar-refractivity contribution >= 4 is 65.9 Å². The summed E-state index contributed by atoms with van der Waals surface area (Å²) in [5, 5.41) is 0.430. The predicted octanol–water partition coefficient (Wildman–Crippen LogP) is 3.04. The van der Waals surface area contributed by atoms with Crippen LogP contribution in [0.4, 0.5) is 5.13 Å². The van der Waals surface area contributed by atoms with Gasteiger partial charge in [0.1, 0.15) is 11.2 Å². The zero-order valence-corrected chi connectivity index (χ0v) is 21.4. The first kappa shape index (κ1) is 25.4. The van der Waals surface area contributed by atoms with Gasteiger partial charge in [-0.25, -0.2) is 18.4 Å². The van der Waals surface area contributed by atoms with E-state index in [-0.39, 0.29) is 28.9 Å². The Morgan fingerprint density at radius 1 is 1.09 bits per heavy atom. The SMILES string of the molecule is CS(=O)(=O)c1cccc2sc(N(CCN3CCOCC3)C(=O)c3cnc4ccccc4n3)nc12.Cl. The summed E-state index contributed by atoms with van der Waals surface area (Å²) in [5.74, 6) is -0.327. The van der Waals surface area contributed by atoms with Gasteiger partial charge in [0.2, 0.25) is 0 Å². The average molecular weight is 534 g/mol. The smallest absolute Gasteiger partial charge is 0.280 e. The molecule has 9 nitrogen and oxygen atoms in total. The number of carbonyl (C=O) groups is 1. The molecular weight excluding hydrogens is 510 g/mol. The molecule has 0 saturated carbocycles. The average Bonchev–Trinajstić information content (AvgIpc) is 3.27. The fourth-order valence-corrected chi connectivity index (χ4v) is 5.79. The number of nitrogens with zero attached hydrogens (tertiary/aromatic N) is 5. The van der Waals surface area contributed by atoms with E-state index in [1.807, 2.05) is 30.3 Å². The number of thiazole rings is 1. The number of carbonyl (C=O) groups excluding carboxylic acids is 1. The predicted molar refractivity (Wildman–Crippen MR) is 138 cm³/mol.